The molecule has 1 unspecified atom stereocenters. The van der Waals surface area contributed by atoms with Crippen molar-refractivity contribution >= 4 is 17.5 Å². The van der Waals surface area contributed by atoms with Crippen LogP contribution in [0.15, 0.2) is 66.9 Å². The lowest BCUT2D eigenvalue weighted by Gasteiger charge is -2.36. The van der Waals surface area contributed by atoms with Gasteiger partial charge in [-0.2, -0.15) is 0 Å². The number of nitrogens with zero attached hydrogens (tertiary/aromatic N) is 2. The number of carbonyl (C=O) groups excluding carboxylic acids is 2. The zero-order valence-electron chi connectivity index (χ0n) is 17.3. The molecule has 0 saturated heterocycles. The summed E-state index contributed by atoms with van der Waals surface area (Å²) in [6, 6.07) is 18.0. The summed E-state index contributed by atoms with van der Waals surface area (Å²) in [5.74, 6) is -2.27. The minimum absolute atomic E-state index is 0.0192. The number of fused-ring (bicyclic) bond motifs is 1. The Labute approximate surface area is 180 Å². The van der Waals surface area contributed by atoms with Crippen LogP contribution in [-0.4, -0.2) is 34.4 Å². The van der Waals surface area contributed by atoms with Gasteiger partial charge in [0, 0.05) is 38.6 Å². The van der Waals surface area contributed by atoms with E-state index in [0.717, 1.165) is 25.2 Å². The fourth-order valence-electron chi connectivity index (χ4n) is 4.04. The monoisotopic (exact) mass is 420 g/mol. The van der Waals surface area contributed by atoms with Gasteiger partial charge >= 0.3 is 11.8 Å². The number of aromatic nitrogens is 1. The van der Waals surface area contributed by atoms with Crippen LogP contribution in [0.5, 0.6) is 0 Å². The van der Waals surface area contributed by atoms with Gasteiger partial charge in [-0.3, -0.25) is 14.5 Å². The number of benzene rings is 2. The highest BCUT2D eigenvalue weighted by molar-refractivity contribution is 6.39. The minimum atomic E-state index is -0.889. The molecule has 6 nitrogen and oxygen atoms in total. The Balaban J connectivity index is 1.46. The molecule has 2 N–H and O–H groups in total. The molecule has 1 aromatic heterocycles. The maximum atomic E-state index is 13.8. The summed E-state index contributed by atoms with van der Waals surface area (Å²) in [6.45, 7) is 1.89. The summed E-state index contributed by atoms with van der Waals surface area (Å²) in [6.07, 6.45) is 2.89. The largest absolute Gasteiger partial charge is 0.353 e. The van der Waals surface area contributed by atoms with Crippen LogP contribution in [0, 0.1) is 5.82 Å². The van der Waals surface area contributed by atoms with Gasteiger partial charge in [-0.05, 0) is 41.8 Å². The van der Waals surface area contributed by atoms with Crippen molar-refractivity contribution in [3.05, 3.63) is 89.5 Å². The molecule has 0 bridgehead atoms. The van der Waals surface area contributed by atoms with Gasteiger partial charge in [-0.1, -0.05) is 36.4 Å². The Morgan fingerprint density at radius 1 is 1.00 bits per heavy atom. The van der Waals surface area contributed by atoms with Gasteiger partial charge in [0.25, 0.3) is 0 Å². The number of hydrogen-bond acceptors (Lipinski definition) is 3. The van der Waals surface area contributed by atoms with E-state index < -0.39 is 17.6 Å². The summed E-state index contributed by atoms with van der Waals surface area (Å²) < 4.78 is 15.8. The van der Waals surface area contributed by atoms with Crippen molar-refractivity contribution < 1.29 is 14.0 Å². The third kappa shape index (κ3) is 4.67. The van der Waals surface area contributed by atoms with Crippen molar-refractivity contribution in [3.63, 3.8) is 0 Å². The molecule has 2 heterocycles. The van der Waals surface area contributed by atoms with Crippen molar-refractivity contribution in [2.75, 3.05) is 18.4 Å². The third-order valence-electron chi connectivity index (χ3n) is 5.71. The van der Waals surface area contributed by atoms with Crippen LogP contribution in [-0.2, 0) is 29.6 Å². The van der Waals surface area contributed by atoms with E-state index >= 15 is 0 Å². The second-order valence-electron chi connectivity index (χ2n) is 7.69. The Bertz CT molecular complexity index is 1090. The predicted octanol–water partition coefficient (Wildman–Crippen LogP) is 3.02. The first-order chi connectivity index (χ1) is 15.0. The topological polar surface area (TPSA) is 66.4 Å². The van der Waals surface area contributed by atoms with Gasteiger partial charge in [0.1, 0.15) is 5.82 Å². The molecular formula is C24H25FN4O2. The SMILES string of the molecule is Cn1cccc1C(CNC(=O)C(=O)Nc1ccccc1F)N1CCc2ccccc2C1. The molecule has 7 heteroatoms. The zero-order valence-corrected chi connectivity index (χ0v) is 17.3. The summed E-state index contributed by atoms with van der Waals surface area (Å²) in [5, 5.41) is 5.06. The van der Waals surface area contributed by atoms with Crippen LogP contribution in [0.25, 0.3) is 0 Å². The van der Waals surface area contributed by atoms with Crippen LogP contribution in [0.3, 0.4) is 0 Å². The lowest BCUT2D eigenvalue weighted by molar-refractivity contribution is -0.136. The van der Waals surface area contributed by atoms with Crippen molar-refractivity contribution in [3.8, 4) is 0 Å². The first-order valence-corrected chi connectivity index (χ1v) is 10.3. The fourth-order valence-corrected chi connectivity index (χ4v) is 4.04. The molecule has 2 aromatic carbocycles. The van der Waals surface area contributed by atoms with Gasteiger partial charge in [0.2, 0.25) is 0 Å². The van der Waals surface area contributed by atoms with E-state index in [0.29, 0.717) is 0 Å². The number of nitrogens with one attached hydrogen (secondary N) is 2. The summed E-state index contributed by atoms with van der Waals surface area (Å²) in [4.78, 5) is 27.0. The molecule has 1 aliphatic rings. The highest BCUT2D eigenvalue weighted by atomic mass is 19.1. The molecule has 1 aliphatic heterocycles. The van der Waals surface area contributed by atoms with Crippen molar-refractivity contribution in [1.29, 1.82) is 0 Å². The molecule has 0 fully saturated rings. The first kappa shape index (κ1) is 20.8. The van der Waals surface area contributed by atoms with Crippen LogP contribution in [0.1, 0.15) is 22.9 Å². The number of para-hydroxylation sites is 1. The van der Waals surface area contributed by atoms with E-state index in [2.05, 4.69) is 33.7 Å². The molecule has 4 rings (SSSR count). The number of halogens is 1. The van der Waals surface area contributed by atoms with Crippen molar-refractivity contribution in [1.82, 2.24) is 14.8 Å². The van der Waals surface area contributed by atoms with Crippen LogP contribution in [0.2, 0.25) is 0 Å². The lowest BCUT2D eigenvalue weighted by atomic mass is 9.98. The van der Waals surface area contributed by atoms with Crippen molar-refractivity contribution in [2.24, 2.45) is 7.05 Å². The lowest BCUT2D eigenvalue weighted by Crippen LogP contribution is -2.44. The van der Waals surface area contributed by atoms with E-state index in [1.807, 2.05) is 36.0 Å². The molecule has 31 heavy (non-hydrogen) atoms. The van der Waals surface area contributed by atoms with Gasteiger partial charge in [-0.15, -0.1) is 0 Å². The highest BCUT2D eigenvalue weighted by Crippen LogP contribution is 2.27. The second kappa shape index (κ2) is 9.14. The second-order valence-corrected chi connectivity index (χ2v) is 7.69. The normalized spacial score (nSPS) is 14.5. The number of hydrogen-bond donors (Lipinski definition) is 2. The molecular weight excluding hydrogens is 395 g/mol. The number of anilines is 1. The van der Waals surface area contributed by atoms with Gasteiger partial charge < -0.3 is 15.2 Å². The molecule has 0 spiro atoms. The first-order valence-electron chi connectivity index (χ1n) is 10.3. The Morgan fingerprint density at radius 3 is 2.48 bits per heavy atom. The van der Waals surface area contributed by atoms with E-state index in [4.69, 9.17) is 0 Å². The molecule has 0 aliphatic carbocycles. The van der Waals surface area contributed by atoms with E-state index in [1.54, 1.807) is 6.07 Å². The predicted molar refractivity (Wildman–Crippen MR) is 117 cm³/mol. The zero-order chi connectivity index (χ0) is 21.8. The minimum Gasteiger partial charge on any atom is -0.353 e. The quantitative estimate of drug-likeness (QED) is 0.624. The van der Waals surface area contributed by atoms with Crippen molar-refractivity contribution in [2.45, 2.75) is 19.0 Å². The Hall–Kier alpha value is -3.45. The molecule has 0 saturated carbocycles. The molecule has 0 radical (unpaired) electrons. The molecule has 3 aromatic rings. The smallest absolute Gasteiger partial charge is 0.313 e. The van der Waals surface area contributed by atoms with Crippen LogP contribution >= 0.6 is 0 Å². The van der Waals surface area contributed by atoms with E-state index in [9.17, 15) is 14.0 Å². The average molecular weight is 420 g/mol. The fraction of sp³-hybridized carbons (Fsp3) is 0.250. The van der Waals surface area contributed by atoms with Crippen LogP contribution < -0.4 is 10.6 Å². The number of amides is 2. The van der Waals surface area contributed by atoms with Crippen LogP contribution in [0.4, 0.5) is 10.1 Å². The molecule has 1 atom stereocenters. The highest BCUT2D eigenvalue weighted by Gasteiger charge is 2.27. The molecule has 2 amide bonds. The summed E-state index contributed by atoms with van der Waals surface area (Å²) in [5.41, 5.74) is 3.65. The number of aryl methyl sites for hydroxylation is 1. The Kier molecular flexibility index (Phi) is 6.13. The number of carbonyl (C=O) groups is 2. The molecule has 160 valence electrons. The summed E-state index contributed by atoms with van der Waals surface area (Å²) in [7, 11) is 1.97. The average Bonchev–Trinajstić information content (AvgIpc) is 3.20. The maximum absolute atomic E-state index is 13.8. The van der Waals surface area contributed by atoms with Gasteiger partial charge in [0.05, 0.1) is 11.7 Å². The van der Waals surface area contributed by atoms with E-state index in [1.165, 1.54) is 29.3 Å². The van der Waals surface area contributed by atoms with Gasteiger partial charge in [-0.25, -0.2) is 4.39 Å². The van der Waals surface area contributed by atoms with E-state index in [-0.39, 0.29) is 18.3 Å². The number of rotatable bonds is 5. The third-order valence-corrected chi connectivity index (χ3v) is 5.71. The maximum Gasteiger partial charge on any atom is 0.313 e. The standard InChI is InChI=1S/C24H25FN4O2/c1-28-13-6-11-21(28)22(29-14-12-17-7-2-3-8-18(17)16-29)15-26-23(30)24(31)27-20-10-5-4-9-19(20)25/h2-11,13,22H,12,14-16H2,1H3,(H,26,30)(H,27,31). The summed E-state index contributed by atoms with van der Waals surface area (Å²) >= 11 is 0. The Morgan fingerprint density at radius 2 is 1.74 bits per heavy atom. The van der Waals surface area contributed by atoms with Gasteiger partial charge in [0.15, 0.2) is 0 Å².